The van der Waals surface area contributed by atoms with Crippen molar-refractivity contribution in [2.75, 3.05) is 20.3 Å². The van der Waals surface area contributed by atoms with E-state index in [2.05, 4.69) is 5.32 Å². The maximum atomic E-state index is 12.0. The molecule has 2 N–H and O–H groups in total. The lowest BCUT2D eigenvalue weighted by molar-refractivity contribution is -0.139. The Hall–Kier alpha value is -2.08. The summed E-state index contributed by atoms with van der Waals surface area (Å²) < 4.78 is 10.3. The Kier molecular flexibility index (Phi) is 5.16. The molecule has 0 heterocycles. The summed E-state index contributed by atoms with van der Waals surface area (Å²) in [7, 11) is 1.59. The van der Waals surface area contributed by atoms with Crippen LogP contribution < -0.4 is 10.1 Å². The minimum Gasteiger partial charge on any atom is -0.491 e. The number of amides is 1. The highest BCUT2D eigenvalue weighted by Crippen LogP contribution is 2.32. The number of carbonyl (C=O) groups excluding carboxylic acids is 1. The van der Waals surface area contributed by atoms with E-state index in [9.17, 15) is 9.59 Å². The number of rotatable bonds is 8. The van der Waals surface area contributed by atoms with E-state index in [0.717, 1.165) is 12.8 Å². The van der Waals surface area contributed by atoms with E-state index in [1.165, 1.54) is 0 Å². The summed E-state index contributed by atoms with van der Waals surface area (Å²) in [5.74, 6) is -0.660. The van der Waals surface area contributed by atoms with E-state index in [-0.39, 0.29) is 11.8 Å². The molecule has 0 saturated heterocycles. The standard InChI is InChI=1S/C15H19NO5/c1-20-8-9-21-12-6-4-11(5-7-12)14(17)16-13(15(18)19)10-2-3-10/h4-7,10,13H,2-3,8-9H2,1H3,(H,16,17)(H,18,19). The van der Waals surface area contributed by atoms with Crippen molar-refractivity contribution < 1.29 is 24.2 Å². The van der Waals surface area contributed by atoms with Crippen LogP contribution in [0.2, 0.25) is 0 Å². The van der Waals surface area contributed by atoms with Crippen LogP contribution in [0.25, 0.3) is 0 Å². The first kappa shape index (κ1) is 15.3. The minimum atomic E-state index is -0.981. The van der Waals surface area contributed by atoms with Crippen molar-refractivity contribution in [3.05, 3.63) is 29.8 Å². The monoisotopic (exact) mass is 293 g/mol. The molecule has 2 rings (SSSR count). The number of carboxylic acid groups (broad SMARTS) is 1. The SMILES string of the molecule is COCCOc1ccc(C(=O)NC(C(=O)O)C2CC2)cc1. The molecule has 1 fully saturated rings. The lowest BCUT2D eigenvalue weighted by atomic mass is 10.1. The predicted octanol–water partition coefficient (Wildman–Crippen LogP) is 1.30. The summed E-state index contributed by atoms with van der Waals surface area (Å²) in [5.41, 5.74) is 0.418. The highest BCUT2D eigenvalue weighted by molar-refractivity contribution is 5.96. The van der Waals surface area contributed by atoms with Gasteiger partial charge in [-0.3, -0.25) is 4.79 Å². The van der Waals surface area contributed by atoms with E-state index < -0.39 is 12.0 Å². The number of aliphatic carboxylic acids is 1. The number of nitrogens with one attached hydrogen (secondary N) is 1. The number of carboxylic acids is 1. The predicted molar refractivity (Wildman–Crippen MR) is 75.4 cm³/mol. The number of carbonyl (C=O) groups is 2. The fourth-order valence-corrected chi connectivity index (χ4v) is 1.98. The van der Waals surface area contributed by atoms with Gasteiger partial charge in [0.05, 0.1) is 6.61 Å². The Morgan fingerprint density at radius 1 is 1.29 bits per heavy atom. The second-order valence-electron chi connectivity index (χ2n) is 4.99. The van der Waals surface area contributed by atoms with E-state index >= 15 is 0 Å². The summed E-state index contributed by atoms with van der Waals surface area (Å²) in [6.07, 6.45) is 1.70. The molecular weight excluding hydrogens is 274 g/mol. The van der Waals surface area contributed by atoms with Crippen LogP contribution in [0.4, 0.5) is 0 Å². The molecule has 0 aromatic heterocycles. The summed E-state index contributed by atoms with van der Waals surface area (Å²) in [4.78, 5) is 23.1. The Labute approximate surface area is 123 Å². The number of ether oxygens (including phenoxy) is 2. The highest BCUT2D eigenvalue weighted by Gasteiger charge is 2.37. The second-order valence-corrected chi connectivity index (χ2v) is 4.99. The molecule has 1 unspecified atom stereocenters. The average Bonchev–Trinajstić information content (AvgIpc) is 3.29. The maximum absolute atomic E-state index is 12.0. The topological polar surface area (TPSA) is 84.9 Å². The summed E-state index contributed by atoms with van der Waals surface area (Å²) in [6, 6.07) is 5.79. The first-order chi connectivity index (χ1) is 10.1. The molecule has 1 amide bonds. The molecule has 1 saturated carbocycles. The van der Waals surface area contributed by atoms with Crippen LogP contribution in [0, 0.1) is 5.92 Å². The molecule has 21 heavy (non-hydrogen) atoms. The van der Waals surface area contributed by atoms with Crippen LogP contribution in [0.1, 0.15) is 23.2 Å². The smallest absolute Gasteiger partial charge is 0.326 e. The molecule has 1 aromatic carbocycles. The second kappa shape index (κ2) is 7.08. The van der Waals surface area contributed by atoms with Gasteiger partial charge in [0.15, 0.2) is 0 Å². The molecule has 0 spiro atoms. The highest BCUT2D eigenvalue weighted by atomic mass is 16.5. The van der Waals surface area contributed by atoms with Gasteiger partial charge in [-0.1, -0.05) is 0 Å². The van der Waals surface area contributed by atoms with Crippen LogP contribution in [0.5, 0.6) is 5.75 Å². The molecule has 6 nitrogen and oxygen atoms in total. The molecule has 1 aliphatic rings. The van der Waals surface area contributed by atoms with Crippen molar-refractivity contribution in [1.82, 2.24) is 5.32 Å². The summed E-state index contributed by atoms with van der Waals surface area (Å²) in [6.45, 7) is 0.925. The third-order valence-electron chi connectivity index (χ3n) is 3.32. The molecule has 1 aliphatic carbocycles. The van der Waals surface area contributed by atoms with E-state index in [1.807, 2.05) is 0 Å². The quantitative estimate of drug-likeness (QED) is 0.706. The first-order valence-electron chi connectivity index (χ1n) is 6.87. The minimum absolute atomic E-state index is 0.0584. The van der Waals surface area contributed by atoms with Crippen LogP contribution >= 0.6 is 0 Å². The Bertz CT molecular complexity index is 495. The van der Waals surface area contributed by atoms with E-state index in [0.29, 0.717) is 24.5 Å². The maximum Gasteiger partial charge on any atom is 0.326 e. The number of hydrogen-bond acceptors (Lipinski definition) is 4. The van der Waals surface area contributed by atoms with Crippen LogP contribution in [-0.4, -0.2) is 43.3 Å². The van der Waals surface area contributed by atoms with Gasteiger partial charge in [0.1, 0.15) is 18.4 Å². The van der Waals surface area contributed by atoms with Gasteiger partial charge in [-0.25, -0.2) is 4.79 Å². The number of benzene rings is 1. The first-order valence-corrected chi connectivity index (χ1v) is 6.87. The van der Waals surface area contributed by atoms with Crippen LogP contribution in [0.15, 0.2) is 24.3 Å². The van der Waals surface area contributed by atoms with Gasteiger partial charge in [0.25, 0.3) is 5.91 Å². The zero-order chi connectivity index (χ0) is 15.2. The van der Waals surface area contributed by atoms with Crippen molar-refractivity contribution >= 4 is 11.9 Å². The Morgan fingerprint density at radius 2 is 1.95 bits per heavy atom. The fraction of sp³-hybridized carbons (Fsp3) is 0.467. The zero-order valence-electron chi connectivity index (χ0n) is 11.9. The average molecular weight is 293 g/mol. The van der Waals surface area contributed by atoms with Gasteiger partial charge >= 0.3 is 5.97 Å². The molecule has 0 bridgehead atoms. The zero-order valence-corrected chi connectivity index (χ0v) is 11.9. The van der Waals surface area contributed by atoms with Crippen molar-refractivity contribution in [1.29, 1.82) is 0 Å². The molecule has 114 valence electrons. The third kappa shape index (κ3) is 4.46. The summed E-state index contributed by atoms with van der Waals surface area (Å²) in [5, 5.41) is 11.7. The molecule has 1 atom stereocenters. The van der Waals surface area contributed by atoms with Crippen molar-refractivity contribution in [2.24, 2.45) is 5.92 Å². The lowest BCUT2D eigenvalue weighted by Crippen LogP contribution is -2.42. The van der Waals surface area contributed by atoms with Crippen molar-refractivity contribution in [3.63, 3.8) is 0 Å². The van der Waals surface area contributed by atoms with Gasteiger partial charge in [-0.2, -0.15) is 0 Å². The Morgan fingerprint density at radius 3 is 2.48 bits per heavy atom. The van der Waals surface area contributed by atoms with Crippen LogP contribution in [0.3, 0.4) is 0 Å². The van der Waals surface area contributed by atoms with E-state index in [4.69, 9.17) is 14.6 Å². The van der Waals surface area contributed by atoms with Crippen molar-refractivity contribution in [2.45, 2.75) is 18.9 Å². The molecule has 0 aliphatic heterocycles. The molecule has 6 heteroatoms. The van der Waals surface area contributed by atoms with Gasteiger partial charge in [-0.05, 0) is 43.0 Å². The fourth-order valence-electron chi connectivity index (χ4n) is 1.98. The van der Waals surface area contributed by atoms with Gasteiger partial charge in [0, 0.05) is 12.7 Å². The molecule has 0 radical (unpaired) electrons. The van der Waals surface area contributed by atoms with Gasteiger partial charge in [0.2, 0.25) is 0 Å². The summed E-state index contributed by atoms with van der Waals surface area (Å²) >= 11 is 0. The lowest BCUT2D eigenvalue weighted by Gasteiger charge is -2.13. The Balaban J connectivity index is 1.91. The molecular formula is C15H19NO5. The van der Waals surface area contributed by atoms with Crippen molar-refractivity contribution in [3.8, 4) is 5.75 Å². The normalized spacial score (nSPS) is 15.3. The number of hydrogen-bond donors (Lipinski definition) is 2. The third-order valence-corrected chi connectivity index (χ3v) is 3.32. The largest absolute Gasteiger partial charge is 0.491 e. The van der Waals surface area contributed by atoms with Gasteiger partial charge in [-0.15, -0.1) is 0 Å². The van der Waals surface area contributed by atoms with E-state index in [1.54, 1.807) is 31.4 Å². The molecule has 1 aromatic rings. The van der Waals surface area contributed by atoms with Gasteiger partial charge < -0.3 is 19.9 Å². The van der Waals surface area contributed by atoms with Crippen LogP contribution in [-0.2, 0) is 9.53 Å². The number of methoxy groups -OCH3 is 1.